The molecule has 7 nitrogen and oxygen atoms in total. The quantitative estimate of drug-likeness (QED) is 0.309. The monoisotopic (exact) mass is 524 g/mol. The third-order valence-electron chi connectivity index (χ3n) is 5.69. The van der Waals surface area contributed by atoms with Gasteiger partial charge in [-0.1, -0.05) is 36.4 Å². The molecule has 0 saturated heterocycles. The lowest BCUT2D eigenvalue weighted by Gasteiger charge is -2.27. The average Bonchev–Trinajstić information content (AvgIpc) is 3.51. The zero-order valence-electron chi connectivity index (χ0n) is 20.2. The molecule has 0 unspecified atom stereocenters. The van der Waals surface area contributed by atoms with Crippen LogP contribution in [0.1, 0.15) is 45.1 Å². The summed E-state index contributed by atoms with van der Waals surface area (Å²) in [5.41, 5.74) is 2.54. The molecule has 0 aliphatic carbocycles. The number of thiophene rings is 2. The second-order valence-electron chi connectivity index (χ2n) is 8.29. The molecule has 1 aromatic carbocycles. The van der Waals surface area contributed by atoms with E-state index in [0.717, 1.165) is 28.4 Å². The highest BCUT2D eigenvalue weighted by Crippen LogP contribution is 2.38. The number of hydrogen-bond acceptors (Lipinski definition) is 8. The van der Waals surface area contributed by atoms with Gasteiger partial charge in [0.05, 0.1) is 12.2 Å². The molecule has 1 aliphatic heterocycles. The van der Waals surface area contributed by atoms with Crippen molar-refractivity contribution in [1.82, 2.24) is 4.90 Å². The number of hydrogen-bond donors (Lipinski definition) is 1. The SMILES string of the molecule is CCOC(=O)c1c(NC(=O)[C@@H](C)OC(=O)/C=C/c2cccs2)sc2c1CCN(Cc1ccccc1)C2. The number of esters is 2. The molecule has 1 aliphatic rings. The summed E-state index contributed by atoms with van der Waals surface area (Å²) in [6, 6.07) is 14.0. The molecule has 9 heteroatoms. The standard InChI is InChI=1S/C27H28N2O5S2/c1-3-33-27(32)24-21-13-14-29(16-19-8-5-4-6-9-19)17-22(21)36-26(24)28-25(31)18(2)34-23(30)12-11-20-10-7-15-35-20/h4-12,15,18H,3,13-14,16-17H2,1-2H3,(H,28,31)/b12-11+/t18-/m1/s1. The van der Waals surface area contributed by atoms with E-state index in [1.165, 1.54) is 41.2 Å². The minimum absolute atomic E-state index is 0.238. The Kier molecular flexibility index (Phi) is 8.69. The van der Waals surface area contributed by atoms with Gasteiger partial charge in [0, 0.05) is 35.5 Å². The third-order valence-corrected chi connectivity index (χ3v) is 7.66. The molecule has 2 aromatic heterocycles. The zero-order chi connectivity index (χ0) is 25.5. The van der Waals surface area contributed by atoms with E-state index < -0.39 is 23.9 Å². The van der Waals surface area contributed by atoms with Crippen LogP contribution in [0.4, 0.5) is 5.00 Å². The number of nitrogens with zero attached hydrogens (tertiary/aromatic N) is 1. The first-order valence-corrected chi connectivity index (χ1v) is 13.4. The van der Waals surface area contributed by atoms with Crippen LogP contribution < -0.4 is 5.32 Å². The maximum atomic E-state index is 12.9. The Morgan fingerprint density at radius 3 is 2.69 bits per heavy atom. The van der Waals surface area contributed by atoms with E-state index in [1.807, 2.05) is 35.7 Å². The predicted molar refractivity (Wildman–Crippen MR) is 142 cm³/mol. The summed E-state index contributed by atoms with van der Waals surface area (Å²) in [5, 5.41) is 5.15. The highest BCUT2D eigenvalue weighted by Gasteiger charge is 2.30. The minimum atomic E-state index is -1.03. The zero-order valence-corrected chi connectivity index (χ0v) is 21.8. The van der Waals surface area contributed by atoms with Crippen LogP contribution in [0.15, 0.2) is 53.9 Å². The van der Waals surface area contributed by atoms with E-state index in [1.54, 1.807) is 13.0 Å². The second-order valence-corrected chi connectivity index (χ2v) is 10.4. The molecule has 1 amide bonds. The highest BCUT2D eigenvalue weighted by atomic mass is 32.1. The Labute approximate surface area is 218 Å². The first kappa shape index (κ1) is 25.8. The fourth-order valence-corrected chi connectivity index (χ4v) is 5.86. The number of nitrogens with one attached hydrogen (secondary N) is 1. The fourth-order valence-electron chi connectivity index (χ4n) is 3.96. The predicted octanol–water partition coefficient (Wildman–Crippen LogP) is 5.13. The Hall–Kier alpha value is -3.27. The van der Waals surface area contributed by atoms with Crippen LogP contribution in [0.25, 0.3) is 6.08 Å². The lowest BCUT2D eigenvalue weighted by Crippen LogP contribution is -2.30. The molecule has 0 spiro atoms. The Morgan fingerprint density at radius 2 is 1.97 bits per heavy atom. The number of carbonyl (C=O) groups excluding carboxylic acids is 3. The molecule has 0 bridgehead atoms. The second kappa shape index (κ2) is 12.1. The van der Waals surface area contributed by atoms with Crippen molar-refractivity contribution in [3.8, 4) is 0 Å². The van der Waals surface area contributed by atoms with Crippen molar-refractivity contribution in [2.75, 3.05) is 18.5 Å². The van der Waals surface area contributed by atoms with Gasteiger partial charge in [-0.2, -0.15) is 0 Å². The van der Waals surface area contributed by atoms with E-state index in [4.69, 9.17) is 9.47 Å². The van der Waals surface area contributed by atoms with E-state index in [9.17, 15) is 14.4 Å². The molecule has 3 heterocycles. The molecule has 188 valence electrons. The van der Waals surface area contributed by atoms with E-state index >= 15 is 0 Å². The molecule has 3 aromatic rings. The van der Waals surface area contributed by atoms with Crippen LogP contribution >= 0.6 is 22.7 Å². The summed E-state index contributed by atoms with van der Waals surface area (Å²) in [4.78, 5) is 42.1. The average molecular weight is 525 g/mol. The van der Waals surface area contributed by atoms with Crippen molar-refractivity contribution in [1.29, 1.82) is 0 Å². The molecule has 1 N–H and O–H groups in total. The highest BCUT2D eigenvalue weighted by molar-refractivity contribution is 7.17. The number of anilines is 1. The molecular formula is C27H28N2O5S2. The lowest BCUT2D eigenvalue weighted by atomic mass is 10.0. The van der Waals surface area contributed by atoms with Gasteiger partial charge in [-0.05, 0) is 48.9 Å². The molecule has 36 heavy (non-hydrogen) atoms. The Bertz CT molecular complexity index is 1230. The van der Waals surface area contributed by atoms with Gasteiger partial charge in [-0.15, -0.1) is 22.7 Å². The van der Waals surface area contributed by atoms with Crippen molar-refractivity contribution in [2.45, 2.75) is 39.5 Å². The van der Waals surface area contributed by atoms with E-state index in [-0.39, 0.29) is 6.61 Å². The van der Waals surface area contributed by atoms with Gasteiger partial charge in [0.2, 0.25) is 0 Å². The summed E-state index contributed by atoms with van der Waals surface area (Å²) < 4.78 is 10.6. The molecule has 1 atom stereocenters. The molecular weight excluding hydrogens is 496 g/mol. The van der Waals surface area contributed by atoms with Crippen LogP contribution in [0.5, 0.6) is 0 Å². The maximum absolute atomic E-state index is 12.9. The fraction of sp³-hybridized carbons (Fsp3) is 0.296. The van der Waals surface area contributed by atoms with Crippen molar-refractivity contribution < 1.29 is 23.9 Å². The van der Waals surface area contributed by atoms with Gasteiger partial charge in [-0.3, -0.25) is 9.69 Å². The number of rotatable bonds is 9. The lowest BCUT2D eigenvalue weighted by molar-refractivity contribution is -0.148. The van der Waals surface area contributed by atoms with Gasteiger partial charge in [-0.25, -0.2) is 9.59 Å². The largest absolute Gasteiger partial charge is 0.462 e. The number of fused-ring (bicyclic) bond motifs is 1. The summed E-state index contributed by atoms with van der Waals surface area (Å²) in [7, 11) is 0. The van der Waals surface area contributed by atoms with Crippen molar-refractivity contribution in [3.63, 3.8) is 0 Å². The molecule has 0 radical (unpaired) electrons. The number of amides is 1. The summed E-state index contributed by atoms with van der Waals surface area (Å²) in [6.45, 7) is 5.77. The van der Waals surface area contributed by atoms with Gasteiger partial charge in [0.1, 0.15) is 5.00 Å². The number of ether oxygens (including phenoxy) is 2. The molecule has 0 saturated carbocycles. The van der Waals surface area contributed by atoms with Gasteiger partial charge >= 0.3 is 11.9 Å². The van der Waals surface area contributed by atoms with Crippen molar-refractivity contribution in [2.24, 2.45) is 0 Å². The summed E-state index contributed by atoms with van der Waals surface area (Å²) in [5.74, 6) is -1.57. The van der Waals surface area contributed by atoms with Crippen LogP contribution in [0.3, 0.4) is 0 Å². The van der Waals surface area contributed by atoms with Crippen molar-refractivity contribution >= 4 is 51.6 Å². The van der Waals surface area contributed by atoms with Crippen LogP contribution in [0, 0.1) is 0 Å². The summed E-state index contributed by atoms with van der Waals surface area (Å²) in [6.07, 6.45) is 2.59. The minimum Gasteiger partial charge on any atom is -0.462 e. The van der Waals surface area contributed by atoms with Gasteiger partial charge in [0.15, 0.2) is 6.10 Å². The van der Waals surface area contributed by atoms with E-state index in [0.29, 0.717) is 23.5 Å². The first-order valence-electron chi connectivity index (χ1n) is 11.8. The van der Waals surface area contributed by atoms with Crippen LogP contribution in [0.2, 0.25) is 0 Å². The van der Waals surface area contributed by atoms with Crippen molar-refractivity contribution in [3.05, 3.63) is 80.4 Å². The maximum Gasteiger partial charge on any atom is 0.341 e. The number of benzene rings is 1. The van der Waals surface area contributed by atoms with E-state index in [2.05, 4.69) is 22.3 Å². The normalized spacial score (nSPS) is 14.3. The van der Waals surface area contributed by atoms with Crippen LogP contribution in [-0.4, -0.2) is 42.0 Å². The first-order chi connectivity index (χ1) is 17.4. The van der Waals surface area contributed by atoms with Crippen LogP contribution in [-0.2, 0) is 38.6 Å². The molecule has 0 fully saturated rings. The smallest absolute Gasteiger partial charge is 0.341 e. The molecule has 4 rings (SSSR count). The topological polar surface area (TPSA) is 84.9 Å². The third kappa shape index (κ3) is 6.48. The van der Waals surface area contributed by atoms with Gasteiger partial charge < -0.3 is 14.8 Å². The Balaban J connectivity index is 1.46. The Morgan fingerprint density at radius 1 is 1.17 bits per heavy atom. The summed E-state index contributed by atoms with van der Waals surface area (Å²) >= 11 is 2.87. The number of carbonyl (C=O) groups is 3. The van der Waals surface area contributed by atoms with Gasteiger partial charge in [0.25, 0.3) is 5.91 Å².